The van der Waals surface area contributed by atoms with Gasteiger partial charge in [-0.25, -0.2) is 0 Å². The molecule has 1 aliphatic rings. The number of hydrogen-bond donors (Lipinski definition) is 2. The van der Waals surface area contributed by atoms with Crippen molar-refractivity contribution >= 4 is 17.5 Å². The molecular formula is C16H22N2O2. The van der Waals surface area contributed by atoms with Crippen LogP contribution in [0.1, 0.15) is 50.4 Å². The van der Waals surface area contributed by atoms with E-state index in [1.807, 2.05) is 20.8 Å². The van der Waals surface area contributed by atoms with Crippen LogP contribution in [0.25, 0.3) is 0 Å². The van der Waals surface area contributed by atoms with Crippen molar-refractivity contribution < 1.29 is 9.59 Å². The lowest BCUT2D eigenvalue weighted by Crippen LogP contribution is -2.40. The SMILES string of the molecule is CC(C)(C)NC(=O)c1ccc(NC(=O)C2CCC2)cc1. The number of benzene rings is 1. The highest BCUT2D eigenvalue weighted by molar-refractivity contribution is 5.96. The van der Waals surface area contributed by atoms with Crippen LogP contribution in [0.5, 0.6) is 0 Å². The molecule has 0 radical (unpaired) electrons. The topological polar surface area (TPSA) is 58.2 Å². The minimum atomic E-state index is -0.256. The Bertz CT molecular complexity index is 496. The molecule has 0 unspecified atom stereocenters. The Balaban J connectivity index is 1.95. The zero-order chi connectivity index (χ0) is 14.8. The minimum Gasteiger partial charge on any atom is -0.347 e. The van der Waals surface area contributed by atoms with Gasteiger partial charge in [0.05, 0.1) is 0 Å². The van der Waals surface area contributed by atoms with Gasteiger partial charge in [-0.05, 0) is 57.9 Å². The molecule has 2 N–H and O–H groups in total. The summed E-state index contributed by atoms with van der Waals surface area (Å²) >= 11 is 0. The molecule has 0 heterocycles. The first-order valence-corrected chi connectivity index (χ1v) is 7.08. The van der Waals surface area contributed by atoms with Gasteiger partial charge in [-0.3, -0.25) is 9.59 Å². The lowest BCUT2D eigenvalue weighted by Gasteiger charge is -2.24. The lowest BCUT2D eigenvalue weighted by molar-refractivity contribution is -0.122. The zero-order valence-corrected chi connectivity index (χ0v) is 12.3. The first-order valence-electron chi connectivity index (χ1n) is 7.08. The van der Waals surface area contributed by atoms with Crippen LogP contribution < -0.4 is 10.6 Å². The van der Waals surface area contributed by atoms with Crippen LogP contribution in [0, 0.1) is 5.92 Å². The van der Waals surface area contributed by atoms with E-state index in [0.717, 1.165) is 24.9 Å². The predicted molar refractivity (Wildman–Crippen MR) is 79.6 cm³/mol. The van der Waals surface area contributed by atoms with Crippen molar-refractivity contribution in [3.8, 4) is 0 Å². The summed E-state index contributed by atoms with van der Waals surface area (Å²) in [6.07, 6.45) is 3.11. The molecule has 0 atom stereocenters. The first kappa shape index (κ1) is 14.6. The number of nitrogens with one attached hydrogen (secondary N) is 2. The second-order valence-electron chi connectivity index (χ2n) is 6.40. The van der Waals surface area contributed by atoms with E-state index < -0.39 is 0 Å². The monoisotopic (exact) mass is 274 g/mol. The molecule has 4 heteroatoms. The molecule has 1 aromatic rings. The van der Waals surface area contributed by atoms with Crippen molar-refractivity contribution in [1.29, 1.82) is 0 Å². The molecule has 1 fully saturated rings. The summed E-state index contributed by atoms with van der Waals surface area (Å²) in [4.78, 5) is 23.8. The van der Waals surface area contributed by atoms with Crippen LogP contribution in [-0.2, 0) is 4.79 Å². The molecule has 0 aliphatic heterocycles. The Hall–Kier alpha value is -1.84. The third kappa shape index (κ3) is 3.83. The fourth-order valence-corrected chi connectivity index (χ4v) is 2.03. The van der Waals surface area contributed by atoms with Gasteiger partial charge in [0.25, 0.3) is 5.91 Å². The van der Waals surface area contributed by atoms with Gasteiger partial charge in [0.15, 0.2) is 0 Å². The highest BCUT2D eigenvalue weighted by Crippen LogP contribution is 2.27. The number of hydrogen-bond acceptors (Lipinski definition) is 2. The second-order valence-corrected chi connectivity index (χ2v) is 6.40. The molecule has 0 bridgehead atoms. The van der Waals surface area contributed by atoms with E-state index in [1.165, 1.54) is 0 Å². The molecule has 2 amide bonds. The predicted octanol–water partition coefficient (Wildman–Crippen LogP) is 2.95. The molecule has 20 heavy (non-hydrogen) atoms. The molecule has 4 nitrogen and oxygen atoms in total. The number of anilines is 1. The molecule has 0 aromatic heterocycles. The number of rotatable bonds is 3. The van der Waals surface area contributed by atoms with Crippen LogP contribution >= 0.6 is 0 Å². The van der Waals surface area contributed by atoms with Gasteiger partial charge in [-0.1, -0.05) is 6.42 Å². The highest BCUT2D eigenvalue weighted by Gasteiger charge is 2.25. The smallest absolute Gasteiger partial charge is 0.251 e. The summed E-state index contributed by atoms with van der Waals surface area (Å²) in [7, 11) is 0. The van der Waals surface area contributed by atoms with Crippen molar-refractivity contribution in [2.75, 3.05) is 5.32 Å². The normalized spacial score (nSPS) is 15.3. The number of carbonyl (C=O) groups excluding carboxylic acids is 2. The first-order chi connectivity index (χ1) is 9.35. The molecule has 108 valence electrons. The van der Waals surface area contributed by atoms with Crippen molar-refractivity contribution in [3.63, 3.8) is 0 Å². The minimum absolute atomic E-state index is 0.0862. The summed E-state index contributed by atoms with van der Waals surface area (Å²) in [5.41, 5.74) is 1.09. The Morgan fingerprint density at radius 3 is 2.15 bits per heavy atom. The van der Waals surface area contributed by atoms with E-state index in [0.29, 0.717) is 5.56 Å². The Labute approximate surface area is 119 Å². The molecular weight excluding hydrogens is 252 g/mol. The van der Waals surface area contributed by atoms with Gasteiger partial charge in [-0.2, -0.15) is 0 Å². The fourth-order valence-electron chi connectivity index (χ4n) is 2.03. The fraction of sp³-hybridized carbons (Fsp3) is 0.500. The van der Waals surface area contributed by atoms with Crippen LogP contribution in [0.3, 0.4) is 0 Å². The van der Waals surface area contributed by atoms with Crippen LogP contribution in [0.15, 0.2) is 24.3 Å². The standard InChI is InChI=1S/C16H22N2O2/c1-16(2,3)18-15(20)12-7-9-13(10-8-12)17-14(19)11-5-4-6-11/h7-11H,4-6H2,1-3H3,(H,17,19)(H,18,20). The van der Waals surface area contributed by atoms with Gasteiger partial charge >= 0.3 is 0 Å². The largest absolute Gasteiger partial charge is 0.347 e. The van der Waals surface area contributed by atoms with Crippen molar-refractivity contribution in [2.24, 2.45) is 5.92 Å². The third-order valence-electron chi connectivity index (χ3n) is 3.38. The van der Waals surface area contributed by atoms with Gasteiger partial charge < -0.3 is 10.6 Å². The maximum absolute atomic E-state index is 12.0. The molecule has 1 aliphatic carbocycles. The van der Waals surface area contributed by atoms with Crippen LogP contribution in [0.2, 0.25) is 0 Å². The van der Waals surface area contributed by atoms with E-state index in [4.69, 9.17) is 0 Å². The summed E-state index contributed by atoms with van der Waals surface area (Å²) in [5.74, 6) is 0.149. The number of carbonyl (C=O) groups is 2. The Morgan fingerprint density at radius 1 is 1.10 bits per heavy atom. The Kier molecular flexibility index (Phi) is 4.12. The third-order valence-corrected chi connectivity index (χ3v) is 3.38. The van der Waals surface area contributed by atoms with E-state index >= 15 is 0 Å². The van der Waals surface area contributed by atoms with E-state index in [1.54, 1.807) is 24.3 Å². The van der Waals surface area contributed by atoms with Gasteiger partial charge in [0, 0.05) is 22.7 Å². The molecule has 0 spiro atoms. The zero-order valence-electron chi connectivity index (χ0n) is 12.3. The van der Waals surface area contributed by atoms with E-state index in [-0.39, 0.29) is 23.3 Å². The Morgan fingerprint density at radius 2 is 1.70 bits per heavy atom. The molecule has 2 rings (SSSR count). The molecule has 0 saturated heterocycles. The van der Waals surface area contributed by atoms with Crippen molar-refractivity contribution in [1.82, 2.24) is 5.32 Å². The van der Waals surface area contributed by atoms with Gasteiger partial charge in [-0.15, -0.1) is 0 Å². The lowest BCUT2D eigenvalue weighted by atomic mass is 9.85. The maximum Gasteiger partial charge on any atom is 0.251 e. The van der Waals surface area contributed by atoms with Crippen LogP contribution in [-0.4, -0.2) is 17.4 Å². The molecule has 1 saturated carbocycles. The summed E-state index contributed by atoms with van der Waals surface area (Å²) in [5, 5.41) is 5.79. The maximum atomic E-state index is 12.0. The average Bonchev–Trinajstić information content (AvgIpc) is 2.24. The quantitative estimate of drug-likeness (QED) is 0.890. The highest BCUT2D eigenvalue weighted by atomic mass is 16.2. The van der Waals surface area contributed by atoms with Crippen LogP contribution in [0.4, 0.5) is 5.69 Å². The van der Waals surface area contributed by atoms with Crippen molar-refractivity contribution in [2.45, 2.75) is 45.6 Å². The van der Waals surface area contributed by atoms with E-state index in [2.05, 4.69) is 10.6 Å². The summed E-state index contributed by atoms with van der Waals surface area (Å²) in [6.45, 7) is 5.83. The van der Waals surface area contributed by atoms with Gasteiger partial charge in [0.1, 0.15) is 0 Å². The summed E-state index contributed by atoms with van der Waals surface area (Å²) in [6, 6.07) is 7.01. The van der Waals surface area contributed by atoms with Crippen molar-refractivity contribution in [3.05, 3.63) is 29.8 Å². The van der Waals surface area contributed by atoms with E-state index in [9.17, 15) is 9.59 Å². The average molecular weight is 274 g/mol. The summed E-state index contributed by atoms with van der Waals surface area (Å²) < 4.78 is 0. The second kappa shape index (κ2) is 5.65. The molecule has 1 aromatic carbocycles. The van der Waals surface area contributed by atoms with Gasteiger partial charge in [0.2, 0.25) is 5.91 Å². The number of amides is 2.